The van der Waals surface area contributed by atoms with Crippen LogP contribution in [0, 0.1) is 5.41 Å². The molecule has 0 unspecified atom stereocenters. The molecule has 1 N–H and O–H groups in total. The first-order chi connectivity index (χ1) is 10.5. The maximum atomic E-state index is 13.4. The van der Waals surface area contributed by atoms with Crippen molar-refractivity contribution in [3.8, 4) is 0 Å². The number of aromatic nitrogens is 2. The van der Waals surface area contributed by atoms with Crippen LogP contribution in [0.3, 0.4) is 0 Å². The van der Waals surface area contributed by atoms with Crippen molar-refractivity contribution in [2.45, 2.75) is 51.5 Å². The lowest BCUT2D eigenvalue weighted by molar-refractivity contribution is -0.143. The fraction of sp³-hybridized carbons (Fsp3) is 0.765. The Morgan fingerprint density at radius 3 is 2.59 bits per heavy atom. The van der Waals surface area contributed by atoms with Crippen LogP contribution in [0.15, 0.2) is 18.5 Å². The average molecular weight is 304 g/mol. The fourth-order valence-corrected chi connectivity index (χ4v) is 3.82. The van der Waals surface area contributed by atoms with Gasteiger partial charge in [-0.25, -0.2) is 0 Å². The van der Waals surface area contributed by atoms with Crippen LogP contribution in [0.4, 0.5) is 0 Å². The van der Waals surface area contributed by atoms with E-state index in [0.717, 1.165) is 51.9 Å². The molecule has 1 amide bonds. The summed E-state index contributed by atoms with van der Waals surface area (Å²) < 4.78 is 1.91. The summed E-state index contributed by atoms with van der Waals surface area (Å²) in [4.78, 5) is 15.5. The summed E-state index contributed by atoms with van der Waals surface area (Å²) in [6.07, 6.45) is 8.78. The number of carbonyl (C=O) groups excluding carboxylic acids is 1. The SMILES string of the molecule is CC1(C)CCCN(C(=O)C2(n3cccn3)CCNCC2)CC1. The van der Waals surface area contributed by atoms with E-state index in [2.05, 4.69) is 29.2 Å². The number of likely N-dealkylation sites (tertiary alicyclic amines) is 1. The van der Waals surface area contributed by atoms with E-state index >= 15 is 0 Å². The first kappa shape index (κ1) is 15.5. The molecule has 0 aliphatic carbocycles. The van der Waals surface area contributed by atoms with Crippen molar-refractivity contribution in [1.82, 2.24) is 20.0 Å². The Hall–Kier alpha value is -1.36. The molecule has 2 saturated heterocycles. The van der Waals surface area contributed by atoms with E-state index in [0.29, 0.717) is 5.41 Å². The quantitative estimate of drug-likeness (QED) is 0.909. The third kappa shape index (κ3) is 2.91. The molecule has 2 fully saturated rings. The zero-order valence-electron chi connectivity index (χ0n) is 13.8. The zero-order valence-corrected chi connectivity index (χ0v) is 13.8. The van der Waals surface area contributed by atoms with Crippen molar-refractivity contribution < 1.29 is 4.79 Å². The topological polar surface area (TPSA) is 50.2 Å². The Kier molecular flexibility index (Phi) is 4.26. The normalized spacial score (nSPS) is 24.7. The van der Waals surface area contributed by atoms with Crippen molar-refractivity contribution in [2.75, 3.05) is 26.2 Å². The summed E-state index contributed by atoms with van der Waals surface area (Å²) in [5, 5.41) is 7.79. The number of nitrogens with zero attached hydrogens (tertiary/aromatic N) is 3. The van der Waals surface area contributed by atoms with E-state index < -0.39 is 5.54 Å². The Balaban J connectivity index is 1.83. The number of carbonyl (C=O) groups is 1. The van der Waals surface area contributed by atoms with Gasteiger partial charge in [0, 0.05) is 25.5 Å². The summed E-state index contributed by atoms with van der Waals surface area (Å²) in [7, 11) is 0. The highest BCUT2D eigenvalue weighted by Crippen LogP contribution is 2.34. The van der Waals surface area contributed by atoms with Crippen LogP contribution in [-0.4, -0.2) is 46.8 Å². The molecule has 122 valence electrons. The molecule has 5 heteroatoms. The van der Waals surface area contributed by atoms with Crippen LogP contribution < -0.4 is 5.32 Å². The molecule has 22 heavy (non-hydrogen) atoms. The minimum absolute atomic E-state index is 0.274. The van der Waals surface area contributed by atoms with Crippen molar-refractivity contribution in [3.05, 3.63) is 18.5 Å². The predicted molar refractivity (Wildman–Crippen MR) is 86.5 cm³/mol. The molecule has 0 bridgehead atoms. The number of amides is 1. The second kappa shape index (κ2) is 6.03. The smallest absolute Gasteiger partial charge is 0.250 e. The molecule has 1 aromatic heterocycles. The standard InChI is InChI=1S/C17H28N4O/c1-16(2)5-3-12-20(14-8-16)15(22)17(6-10-18-11-7-17)21-13-4-9-19-21/h4,9,13,18H,3,5-8,10-12,14H2,1-2H3. The van der Waals surface area contributed by atoms with E-state index in [1.165, 1.54) is 6.42 Å². The second-order valence-electron chi connectivity index (χ2n) is 7.54. The van der Waals surface area contributed by atoms with Crippen LogP contribution in [0.5, 0.6) is 0 Å². The Labute approximate surface area is 133 Å². The van der Waals surface area contributed by atoms with Gasteiger partial charge in [-0.1, -0.05) is 13.8 Å². The van der Waals surface area contributed by atoms with Crippen LogP contribution >= 0.6 is 0 Å². The number of hydrogen-bond donors (Lipinski definition) is 1. The first-order valence-electron chi connectivity index (χ1n) is 8.54. The van der Waals surface area contributed by atoms with Crippen LogP contribution in [0.2, 0.25) is 0 Å². The Morgan fingerprint density at radius 1 is 1.14 bits per heavy atom. The lowest BCUT2D eigenvalue weighted by Crippen LogP contribution is -2.56. The molecule has 0 spiro atoms. The van der Waals surface area contributed by atoms with Gasteiger partial charge in [0.25, 0.3) is 5.91 Å². The lowest BCUT2D eigenvalue weighted by atomic mass is 9.85. The van der Waals surface area contributed by atoms with Gasteiger partial charge in [0.1, 0.15) is 5.54 Å². The minimum Gasteiger partial charge on any atom is -0.341 e. The summed E-state index contributed by atoms with van der Waals surface area (Å²) in [6, 6.07) is 1.92. The van der Waals surface area contributed by atoms with E-state index in [9.17, 15) is 4.79 Å². The van der Waals surface area contributed by atoms with E-state index in [4.69, 9.17) is 0 Å². The largest absolute Gasteiger partial charge is 0.341 e. The molecule has 0 atom stereocenters. The average Bonchev–Trinajstić information content (AvgIpc) is 2.99. The molecule has 5 nitrogen and oxygen atoms in total. The van der Waals surface area contributed by atoms with Gasteiger partial charge < -0.3 is 10.2 Å². The van der Waals surface area contributed by atoms with Gasteiger partial charge in [-0.2, -0.15) is 5.10 Å². The van der Waals surface area contributed by atoms with Gasteiger partial charge in [-0.15, -0.1) is 0 Å². The monoisotopic (exact) mass is 304 g/mol. The van der Waals surface area contributed by atoms with Crippen LogP contribution in [-0.2, 0) is 10.3 Å². The van der Waals surface area contributed by atoms with E-state index in [1.807, 2.05) is 16.9 Å². The number of hydrogen-bond acceptors (Lipinski definition) is 3. The van der Waals surface area contributed by atoms with E-state index in [1.54, 1.807) is 6.20 Å². The van der Waals surface area contributed by atoms with Gasteiger partial charge in [0.05, 0.1) is 0 Å². The van der Waals surface area contributed by atoms with Gasteiger partial charge in [0.2, 0.25) is 0 Å². The highest BCUT2D eigenvalue weighted by atomic mass is 16.2. The maximum absolute atomic E-state index is 13.4. The number of rotatable bonds is 2. The first-order valence-corrected chi connectivity index (χ1v) is 8.54. The van der Waals surface area contributed by atoms with Crippen LogP contribution in [0.25, 0.3) is 0 Å². The third-order valence-corrected chi connectivity index (χ3v) is 5.40. The maximum Gasteiger partial charge on any atom is 0.250 e. The molecule has 2 aliphatic heterocycles. The molecular formula is C17H28N4O. The summed E-state index contributed by atoms with van der Waals surface area (Å²) >= 11 is 0. The summed E-state index contributed by atoms with van der Waals surface area (Å²) in [6.45, 7) is 8.15. The van der Waals surface area contributed by atoms with Crippen molar-refractivity contribution >= 4 is 5.91 Å². The highest BCUT2D eigenvalue weighted by molar-refractivity contribution is 5.84. The van der Waals surface area contributed by atoms with Gasteiger partial charge in [-0.05, 0) is 56.7 Å². The summed E-state index contributed by atoms with van der Waals surface area (Å²) in [5.74, 6) is 0.274. The van der Waals surface area contributed by atoms with Crippen molar-refractivity contribution in [2.24, 2.45) is 5.41 Å². The van der Waals surface area contributed by atoms with Crippen LogP contribution in [0.1, 0.15) is 46.0 Å². The molecule has 3 heterocycles. The molecule has 0 aromatic carbocycles. The molecule has 2 aliphatic rings. The van der Waals surface area contributed by atoms with Gasteiger partial charge in [-0.3, -0.25) is 9.48 Å². The fourth-order valence-electron chi connectivity index (χ4n) is 3.82. The Bertz CT molecular complexity index is 503. The number of piperidine rings is 1. The summed E-state index contributed by atoms with van der Waals surface area (Å²) in [5.41, 5.74) is -0.134. The highest BCUT2D eigenvalue weighted by Gasteiger charge is 2.44. The Morgan fingerprint density at radius 2 is 1.91 bits per heavy atom. The minimum atomic E-state index is -0.483. The second-order valence-corrected chi connectivity index (χ2v) is 7.54. The van der Waals surface area contributed by atoms with Crippen molar-refractivity contribution in [3.63, 3.8) is 0 Å². The molecule has 1 aromatic rings. The van der Waals surface area contributed by atoms with Gasteiger partial charge >= 0.3 is 0 Å². The van der Waals surface area contributed by atoms with E-state index in [-0.39, 0.29) is 5.91 Å². The third-order valence-electron chi connectivity index (χ3n) is 5.40. The molecule has 0 radical (unpaired) electrons. The molecule has 0 saturated carbocycles. The predicted octanol–water partition coefficient (Wildman–Crippen LogP) is 2.00. The lowest BCUT2D eigenvalue weighted by Gasteiger charge is -2.40. The van der Waals surface area contributed by atoms with Gasteiger partial charge in [0.15, 0.2) is 0 Å². The zero-order chi connectivity index (χ0) is 15.6. The molecular weight excluding hydrogens is 276 g/mol. The molecule has 3 rings (SSSR count). The van der Waals surface area contributed by atoms with Crippen molar-refractivity contribution in [1.29, 1.82) is 0 Å². The number of nitrogens with one attached hydrogen (secondary N) is 1.